The van der Waals surface area contributed by atoms with Gasteiger partial charge >= 0.3 is 0 Å². The fraction of sp³-hybridized carbons (Fsp3) is 0.133. The number of benzene rings is 2. The third-order valence-electron chi connectivity index (χ3n) is 2.64. The molecule has 0 radical (unpaired) electrons. The number of nitrogens with one attached hydrogen (secondary N) is 1. The average molecular weight is 289 g/mol. The summed E-state index contributed by atoms with van der Waals surface area (Å²) in [6.45, 7) is 0. The summed E-state index contributed by atoms with van der Waals surface area (Å²) in [6.07, 6.45) is 0. The topological polar surface area (TPSA) is 55.4 Å². The summed E-state index contributed by atoms with van der Waals surface area (Å²) in [4.78, 5) is 12.5. The molecule has 20 heavy (non-hydrogen) atoms. The lowest BCUT2D eigenvalue weighted by molar-refractivity contribution is -0.113. The number of rotatable bonds is 5. The van der Waals surface area contributed by atoms with Crippen LogP contribution in [-0.2, 0) is 15.6 Å². The van der Waals surface area contributed by atoms with Gasteiger partial charge in [-0.3, -0.25) is 9.00 Å². The molecule has 1 atom stereocenters. The zero-order valence-corrected chi connectivity index (χ0v) is 11.9. The maximum Gasteiger partial charge on any atom is 0.237 e. The SMILES string of the molecule is COc1ccc(NC(=O)CS(=O)c2ccccc2)cc1. The van der Waals surface area contributed by atoms with Crippen LogP contribution < -0.4 is 10.1 Å². The van der Waals surface area contributed by atoms with E-state index in [1.54, 1.807) is 55.6 Å². The number of ether oxygens (including phenoxy) is 1. The van der Waals surface area contributed by atoms with E-state index in [0.717, 1.165) is 5.75 Å². The first-order chi connectivity index (χ1) is 9.69. The Labute approximate surface area is 120 Å². The van der Waals surface area contributed by atoms with Crippen molar-refractivity contribution >= 4 is 22.4 Å². The molecule has 4 nitrogen and oxygen atoms in total. The minimum absolute atomic E-state index is 0.0595. The van der Waals surface area contributed by atoms with E-state index in [-0.39, 0.29) is 11.7 Å². The highest BCUT2D eigenvalue weighted by atomic mass is 32.2. The molecule has 0 aliphatic carbocycles. The highest BCUT2D eigenvalue weighted by Gasteiger charge is 2.10. The molecule has 1 amide bonds. The quantitative estimate of drug-likeness (QED) is 0.920. The van der Waals surface area contributed by atoms with Crippen molar-refractivity contribution < 1.29 is 13.7 Å². The minimum atomic E-state index is -1.33. The van der Waals surface area contributed by atoms with Crippen molar-refractivity contribution in [1.29, 1.82) is 0 Å². The Morgan fingerprint density at radius 2 is 1.75 bits per heavy atom. The Kier molecular flexibility index (Phi) is 4.90. The molecule has 5 heteroatoms. The molecule has 0 aliphatic rings. The van der Waals surface area contributed by atoms with Crippen molar-refractivity contribution in [3.8, 4) is 5.75 Å². The van der Waals surface area contributed by atoms with Crippen LogP contribution in [0.1, 0.15) is 0 Å². The Balaban J connectivity index is 1.93. The predicted octanol–water partition coefficient (Wildman–Crippen LogP) is 2.44. The summed E-state index contributed by atoms with van der Waals surface area (Å²) in [7, 11) is 0.250. The van der Waals surface area contributed by atoms with E-state index in [4.69, 9.17) is 4.74 Å². The van der Waals surface area contributed by atoms with Crippen molar-refractivity contribution in [3.63, 3.8) is 0 Å². The highest BCUT2D eigenvalue weighted by Crippen LogP contribution is 2.15. The monoisotopic (exact) mass is 289 g/mol. The smallest absolute Gasteiger partial charge is 0.237 e. The van der Waals surface area contributed by atoms with Gasteiger partial charge in [-0.2, -0.15) is 0 Å². The second kappa shape index (κ2) is 6.86. The average Bonchev–Trinajstić information content (AvgIpc) is 2.49. The fourth-order valence-corrected chi connectivity index (χ4v) is 2.58. The molecule has 2 aromatic rings. The van der Waals surface area contributed by atoms with E-state index < -0.39 is 10.8 Å². The van der Waals surface area contributed by atoms with Crippen molar-refractivity contribution in [2.24, 2.45) is 0 Å². The standard InChI is InChI=1S/C15H15NO3S/c1-19-13-9-7-12(8-10-13)16-15(17)11-20(18)14-5-3-2-4-6-14/h2-10H,11H2,1H3,(H,16,17). The third kappa shape index (κ3) is 3.93. The van der Waals surface area contributed by atoms with Crippen LogP contribution in [0.25, 0.3) is 0 Å². The van der Waals surface area contributed by atoms with E-state index in [0.29, 0.717) is 10.6 Å². The molecule has 1 N–H and O–H groups in total. The Morgan fingerprint density at radius 1 is 1.10 bits per heavy atom. The van der Waals surface area contributed by atoms with Gasteiger partial charge < -0.3 is 10.1 Å². The van der Waals surface area contributed by atoms with Crippen LogP contribution in [0.2, 0.25) is 0 Å². The number of hydrogen-bond donors (Lipinski definition) is 1. The van der Waals surface area contributed by atoms with Crippen LogP contribution in [0.5, 0.6) is 5.75 Å². The van der Waals surface area contributed by atoms with Crippen LogP contribution in [0.15, 0.2) is 59.5 Å². The molecule has 1 unspecified atom stereocenters. The molecular weight excluding hydrogens is 274 g/mol. The van der Waals surface area contributed by atoms with E-state index >= 15 is 0 Å². The van der Waals surface area contributed by atoms with Gasteiger partial charge in [-0.05, 0) is 36.4 Å². The van der Waals surface area contributed by atoms with Crippen molar-refractivity contribution in [1.82, 2.24) is 0 Å². The van der Waals surface area contributed by atoms with Crippen molar-refractivity contribution in [2.75, 3.05) is 18.2 Å². The van der Waals surface area contributed by atoms with Crippen LogP contribution in [-0.4, -0.2) is 23.0 Å². The number of methoxy groups -OCH3 is 1. The lowest BCUT2D eigenvalue weighted by Crippen LogP contribution is -2.19. The number of amides is 1. The van der Waals surface area contributed by atoms with Gasteiger partial charge in [-0.15, -0.1) is 0 Å². The van der Waals surface area contributed by atoms with Crippen molar-refractivity contribution in [2.45, 2.75) is 4.90 Å². The van der Waals surface area contributed by atoms with E-state index in [1.165, 1.54) is 0 Å². The Morgan fingerprint density at radius 3 is 2.35 bits per heavy atom. The summed E-state index contributed by atoms with van der Waals surface area (Å²) < 4.78 is 17.0. The molecule has 0 heterocycles. The fourth-order valence-electron chi connectivity index (χ4n) is 1.65. The van der Waals surface area contributed by atoms with Gasteiger partial charge in [0, 0.05) is 10.6 Å². The van der Waals surface area contributed by atoms with Gasteiger partial charge in [0.2, 0.25) is 5.91 Å². The van der Waals surface area contributed by atoms with E-state index in [9.17, 15) is 9.00 Å². The van der Waals surface area contributed by atoms with Gasteiger partial charge in [-0.1, -0.05) is 18.2 Å². The molecule has 0 saturated carbocycles. The zero-order chi connectivity index (χ0) is 14.4. The lowest BCUT2D eigenvalue weighted by Gasteiger charge is -2.06. The lowest BCUT2D eigenvalue weighted by atomic mass is 10.3. The molecule has 0 saturated heterocycles. The molecule has 2 aromatic carbocycles. The first kappa shape index (κ1) is 14.3. The maximum absolute atomic E-state index is 12.0. The van der Waals surface area contributed by atoms with Gasteiger partial charge in [0.25, 0.3) is 0 Å². The Hall–Kier alpha value is -2.14. The number of hydrogen-bond acceptors (Lipinski definition) is 3. The summed E-state index contributed by atoms with van der Waals surface area (Å²) in [5.74, 6) is 0.379. The second-order valence-electron chi connectivity index (χ2n) is 4.08. The first-order valence-corrected chi connectivity index (χ1v) is 7.38. The number of anilines is 1. The van der Waals surface area contributed by atoms with Crippen molar-refractivity contribution in [3.05, 3.63) is 54.6 Å². The molecule has 0 aromatic heterocycles. The van der Waals surface area contributed by atoms with Crippen LogP contribution >= 0.6 is 0 Å². The Bertz CT molecular complexity index is 596. The number of carbonyl (C=O) groups is 1. The van der Waals surface area contributed by atoms with Gasteiger partial charge in [0.15, 0.2) is 0 Å². The molecule has 0 fully saturated rings. The van der Waals surface area contributed by atoms with E-state index in [2.05, 4.69) is 5.32 Å². The van der Waals surface area contributed by atoms with Gasteiger partial charge in [-0.25, -0.2) is 0 Å². The summed E-state index contributed by atoms with van der Waals surface area (Å²) in [5.41, 5.74) is 0.654. The van der Waals surface area contributed by atoms with E-state index in [1.807, 2.05) is 6.07 Å². The van der Waals surface area contributed by atoms with Crippen LogP contribution in [0, 0.1) is 0 Å². The first-order valence-electron chi connectivity index (χ1n) is 6.06. The summed E-state index contributed by atoms with van der Waals surface area (Å²) in [5, 5.41) is 2.71. The molecule has 0 spiro atoms. The normalized spacial score (nSPS) is 11.7. The third-order valence-corrected chi connectivity index (χ3v) is 3.96. The van der Waals surface area contributed by atoms with Gasteiger partial charge in [0.05, 0.1) is 17.9 Å². The molecule has 0 aliphatic heterocycles. The van der Waals surface area contributed by atoms with Crippen LogP contribution in [0.4, 0.5) is 5.69 Å². The molecule has 2 rings (SSSR count). The predicted molar refractivity (Wildman–Crippen MR) is 79.3 cm³/mol. The maximum atomic E-state index is 12.0. The zero-order valence-electron chi connectivity index (χ0n) is 11.0. The molecular formula is C15H15NO3S. The van der Waals surface area contributed by atoms with Crippen LogP contribution in [0.3, 0.4) is 0 Å². The molecule has 0 bridgehead atoms. The van der Waals surface area contributed by atoms with Gasteiger partial charge in [0.1, 0.15) is 11.5 Å². The second-order valence-corrected chi connectivity index (χ2v) is 5.53. The summed E-state index contributed by atoms with van der Waals surface area (Å²) in [6, 6.07) is 15.9. The highest BCUT2D eigenvalue weighted by molar-refractivity contribution is 7.85. The summed E-state index contributed by atoms with van der Waals surface area (Å²) >= 11 is 0. The minimum Gasteiger partial charge on any atom is -0.497 e. The molecule has 104 valence electrons. The number of carbonyl (C=O) groups excluding carboxylic acids is 1. The largest absolute Gasteiger partial charge is 0.497 e.